The molecule has 2 amide bonds. The molecule has 2 aromatic carbocycles. The van der Waals surface area contributed by atoms with E-state index < -0.39 is 0 Å². The SMILES string of the molecule is CCNC(=O)Nc1nc2cc(-c3cc(Cc4n[nH]c(=O)c5c4=CCCC=5)ccc3OC)ccc2[nH]1. The van der Waals surface area contributed by atoms with Gasteiger partial charge in [-0.2, -0.15) is 5.10 Å². The number of urea groups is 1. The van der Waals surface area contributed by atoms with E-state index in [1.165, 1.54) is 0 Å². The van der Waals surface area contributed by atoms with Crippen molar-refractivity contribution < 1.29 is 9.53 Å². The molecule has 178 valence electrons. The van der Waals surface area contributed by atoms with Crippen LogP contribution in [-0.2, 0) is 6.42 Å². The van der Waals surface area contributed by atoms with Gasteiger partial charge in [-0.3, -0.25) is 10.1 Å². The lowest BCUT2D eigenvalue weighted by atomic mass is 9.98. The van der Waals surface area contributed by atoms with Gasteiger partial charge < -0.3 is 15.0 Å². The number of methoxy groups -OCH3 is 1. The number of nitrogens with zero attached hydrogens (tertiary/aromatic N) is 2. The molecule has 1 aliphatic carbocycles. The van der Waals surface area contributed by atoms with Crippen molar-refractivity contribution in [1.82, 2.24) is 25.5 Å². The second kappa shape index (κ2) is 9.46. The molecule has 0 saturated carbocycles. The summed E-state index contributed by atoms with van der Waals surface area (Å²) < 4.78 is 5.64. The van der Waals surface area contributed by atoms with Crippen LogP contribution in [0.4, 0.5) is 10.7 Å². The van der Waals surface area contributed by atoms with Crippen LogP contribution in [0.5, 0.6) is 5.75 Å². The van der Waals surface area contributed by atoms with Crippen molar-refractivity contribution in [3.05, 3.63) is 68.4 Å². The monoisotopic (exact) mass is 470 g/mol. The highest BCUT2D eigenvalue weighted by molar-refractivity contribution is 5.91. The molecule has 9 heteroatoms. The summed E-state index contributed by atoms with van der Waals surface area (Å²) in [4.78, 5) is 31.6. The third-order valence-electron chi connectivity index (χ3n) is 6.00. The van der Waals surface area contributed by atoms with Crippen LogP contribution in [0.2, 0.25) is 0 Å². The number of amides is 2. The summed E-state index contributed by atoms with van der Waals surface area (Å²) in [5, 5.41) is 14.0. The van der Waals surface area contributed by atoms with Crippen molar-refractivity contribution in [1.29, 1.82) is 0 Å². The number of aromatic nitrogens is 4. The van der Waals surface area contributed by atoms with Gasteiger partial charge in [0.2, 0.25) is 5.95 Å². The van der Waals surface area contributed by atoms with Crippen LogP contribution in [0.3, 0.4) is 0 Å². The first-order valence-electron chi connectivity index (χ1n) is 11.6. The van der Waals surface area contributed by atoms with Gasteiger partial charge in [0.15, 0.2) is 0 Å². The van der Waals surface area contributed by atoms with Crippen LogP contribution in [0.1, 0.15) is 31.0 Å². The van der Waals surface area contributed by atoms with Gasteiger partial charge in [-0.1, -0.05) is 24.3 Å². The fourth-order valence-electron chi connectivity index (χ4n) is 4.37. The van der Waals surface area contributed by atoms with Crippen molar-refractivity contribution in [2.24, 2.45) is 0 Å². The molecule has 0 unspecified atom stereocenters. The molecule has 2 heterocycles. The largest absolute Gasteiger partial charge is 0.496 e. The van der Waals surface area contributed by atoms with Gasteiger partial charge in [0, 0.05) is 29.0 Å². The van der Waals surface area contributed by atoms with E-state index in [1.54, 1.807) is 7.11 Å². The lowest BCUT2D eigenvalue weighted by Crippen LogP contribution is -2.45. The number of imidazole rings is 1. The number of nitrogens with one attached hydrogen (secondary N) is 4. The topological polar surface area (TPSA) is 125 Å². The first-order valence-corrected chi connectivity index (χ1v) is 11.6. The van der Waals surface area contributed by atoms with Crippen molar-refractivity contribution in [2.75, 3.05) is 19.0 Å². The number of benzene rings is 2. The molecule has 4 N–H and O–H groups in total. The maximum atomic E-state index is 12.2. The lowest BCUT2D eigenvalue weighted by molar-refractivity contribution is 0.252. The summed E-state index contributed by atoms with van der Waals surface area (Å²) in [6, 6.07) is 11.6. The second-order valence-corrected chi connectivity index (χ2v) is 8.33. The minimum atomic E-state index is -0.311. The third-order valence-corrected chi connectivity index (χ3v) is 6.00. The number of H-pyrrole nitrogens is 2. The first-order chi connectivity index (χ1) is 17.1. The van der Waals surface area contributed by atoms with Crippen molar-refractivity contribution in [3.63, 3.8) is 0 Å². The molecule has 5 rings (SSSR count). The Balaban J connectivity index is 1.50. The molecule has 0 radical (unpaired) electrons. The Bertz CT molecular complexity index is 1600. The maximum Gasteiger partial charge on any atom is 0.321 e. The van der Waals surface area contributed by atoms with Crippen LogP contribution in [0.25, 0.3) is 34.3 Å². The number of anilines is 1. The average molecular weight is 471 g/mol. The van der Waals surface area contributed by atoms with Crippen LogP contribution in [0, 0.1) is 0 Å². The zero-order chi connectivity index (χ0) is 24.4. The third kappa shape index (κ3) is 4.52. The Hall–Kier alpha value is -4.40. The van der Waals surface area contributed by atoms with Gasteiger partial charge in [-0.05, 0) is 55.2 Å². The number of hydrogen-bond acceptors (Lipinski definition) is 5. The molecule has 9 nitrogen and oxygen atoms in total. The van der Waals surface area contributed by atoms with Crippen molar-refractivity contribution in [2.45, 2.75) is 26.2 Å². The molecule has 0 fully saturated rings. The Labute approximate surface area is 200 Å². The first kappa shape index (κ1) is 22.4. The summed E-state index contributed by atoms with van der Waals surface area (Å²) in [6.45, 7) is 2.38. The van der Waals surface area contributed by atoms with E-state index in [0.717, 1.165) is 57.2 Å². The van der Waals surface area contributed by atoms with Crippen LogP contribution >= 0.6 is 0 Å². The number of hydrogen-bond donors (Lipinski definition) is 4. The van der Waals surface area contributed by atoms with Crippen molar-refractivity contribution in [3.8, 4) is 16.9 Å². The van der Waals surface area contributed by atoms with Gasteiger partial charge in [0.1, 0.15) is 5.75 Å². The number of aromatic amines is 2. The molecule has 0 spiro atoms. The summed E-state index contributed by atoms with van der Waals surface area (Å²) in [6.07, 6.45) is 6.41. The standard InChI is InChI=1S/C26H26N6O3/c1-3-27-26(34)30-25-28-20-10-9-16(14-22(20)29-25)19-12-15(8-11-23(19)35-2)13-21-17-6-4-5-7-18(17)24(33)32-31-21/h6-12,14H,3-5,13H2,1-2H3,(H,32,33)(H3,27,28,29,30,34). The van der Waals surface area contributed by atoms with Gasteiger partial charge in [0.05, 0.1) is 23.8 Å². The fraction of sp³-hybridized carbons (Fsp3) is 0.231. The fourth-order valence-corrected chi connectivity index (χ4v) is 4.37. The molecule has 0 saturated heterocycles. The van der Waals surface area contributed by atoms with E-state index in [4.69, 9.17) is 4.74 Å². The molecule has 0 atom stereocenters. The highest BCUT2D eigenvalue weighted by atomic mass is 16.5. The van der Waals surface area contributed by atoms with E-state index in [9.17, 15) is 9.59 Å². The molecule has 0 bridgehead atoms. The molecule has 35 heavy (non-hydrogen) atoms. The predicted molar refractivity (Wildman–Crippen MR) is 136 cm³/mol. The molecule has 0 aliphatic heterocycles. The van der Waals surface area contributed by atoms with E-state index >= 15 is 0 Å². The molecular formula is C26H26N6O3. The van der Waals surface area contributed by atoms with Gasteiger partial charge >= 0.3 is 6.03 Å². The van der Waals surface area contributed by atoms with Crippen LogP contribution < -0.4 is 31.4 Å². The van der Waals surface area contributed by atoms with E-state index in [2.05, 4.69) is 42.9 Å². The van der Waals surface area contributed by atoms with Gasteiger partial charge in [-0.15, -0.1) is 0 Å². The Morgan fingerprint density at radius 1 is 1.11 bits per heavy atom. The normalized spacial score (nSPS) is 12.4. The van der Waals surface area contributed by atoms with Gasteiger partial charge in [0.25, 0.3) is 5.56 Å². The average Bonchev–Trinajstić information content (AvgIpc) is 3.27. The molecule has 4 aromatic rings. The number of ether oxygens (including phenoxy) is 1. The molecule has 2 aromatic heterocycles. The maximum absolute atomic E-state index is 12.2. The number of rotatable bonds is 6. The van der Waals surface area contributed by atoms with E-state index in [1.807, 2.05) is 43.3 Å². The number of fused-ring (bicyclic) bond motifs is 2. The second-order valence-electron chi connectivity index (χ2n) is 8.33. The quantitative estimate of drug-likeness (QED) is 0.344. The number of carbonyl (C=O) groups is 1. The van der Waals surface area contributed by atoms with E-state index in [-0.39, 0.29) is 11.6 Å². The lowest BCUT2D eigenvalue weighted by Gasteiger charge is -2.12. The Morgan fingerprint density at radius 3 is 2.74 bits per heavy atom. The molecule has 1 aliphatic rings. The zero-order valence-corrected chi connectivity index (χ0v) is 19.6. The summed E-state index contributed by atoms with van der Waals surface area (Å²) in [5.74, 6) is 1.12. The summed E-state index contributed by atoms with van der Waals surface area (Å²) >= 11 is 0. The van der Waals surface area contributed by atoms with Crippen molar-refractivity contribution >= 4 is 35.2 Å². The summed E-state index contributed by atoms with van der Waals surface area (Å²) in [7, 11) is 1.64. The predicted octanol–water partition coefficient (Wildman–Crippen LogP) is 2.41. The van der Waals surface area contributed by atoms with Crippen LogP contribution in [-0.4, -0.2) is 39.9 Å². The smallest absolute Gasteiger partial charge is 0.321 e. The molecular weight excluding hydrogens is 444 g/mol. The Morgan fingerprint density at radius 2 is 1.94 bits per heavy atom. The number of carbonyl (C=O) groups excluding carboxylic acids is 1. The van der Waals surface area contributed by atoms with Crippen LogP contribution in [0.15, 0.2) is 41.2 Å². The highest BCUT2D eigenvalue weighted by Gasteiger charge is 2.13. The summed E-state index contributed by atoms with van der Waals surface area (Å²) in [5.41, 5.74) is 5.13. The minimum Gasteiger partial charge on any atom is -0.496 e. The minimum absolute atomic E-state index is 0.150. The zero-order valence-electron chi connectivity index (χ0n) is 19.6. The Kier molecular flexibility index (Phi) is 6.05. The van der Waals surface area contributed by atoms with E-state index in [0.29, 0.717) is 24.1 Å². The van der Waals surface area contributed by atoms with Gasteiger partial charge in [-0.25, -0.2) is 14.9 Å². The highest BCUT2D eigenvalue weighted by Crippen LogP contribution is 2.33.